The van der Waals surface area contributed by atoms with Crippen LogP contribution < -0.4 is 15.2 Å². The highest BCUT2D eigenvalue weighted by Crippen LogP contribution is 2.21. The van der Waals surface area contributed by atoms with Gasteiger partial charge in [-0.3, -0.25) is 4.72 Å². The summed E-state index contributed by atoms with van der Waals surface area (Å²) in [4.78, 5) is 0. The van der Waals surface area contributed by atoms with E-state index in [2.05, 4.69) is 4.72 Å². The van der Waals surface area contributed by atoms with E-state index < -0.39 is 10.0 Å². The highest BCUT2D eigenvalue weighted by atomic mass is 32.2. The van der Waals surface area contributed by atoms with E-state index in [4.69, 9.17) is 10.5 Å². The number of anilines is 1. The lowest BCUT2D eigenvalue weighted by molar-refractivity contribution is 0.328. The van der Waals surface area contributed by atoms with E-state index in [0.29, 0.717) is 31.0 Å². The Morgan fingerprint density at radius 3 is 2.30 bits per heavy atom. The Bertz CT molecular complexity index is 504. The molecule has 1 aromatic rings. The smallest absolute Gasteiger partial charge is 0.232 e. The maximum Gasteiger partial charge on any atom is 0.232 e. The number of benzene rings is 1. The van der Waals surface area contributed by atoms with Crippen molar-refractivity contribution in [1.82, 2.24) is 0 Å². The number of ether oxygens (including phenoxy) is 1. The van der Waals surface area contributed by atoms with Crippen LogP contribution in [0.25, 0.3) is 0 Å². The summed E-state index contributed by atoms with van der Waals surface area (Å²) in [6, 6.07) is 6.80. The number of nitrogens with one attached hydrogen (secondary N) is 1. The summed E-state index contributed by atoms with van der Waals surface area (Å²) in [7, 11) is -3.31. The minimum atomic E-state index is -3.31. The molecule has 0 aromatic heterocycles. The van der Waals surface area contributed by atoms with Crippen LogP contribution in [0.5, 0.6) is 5.75 Å². The Morgan fingerprint density at radius 1 is 1.20 bits per heavy atom. The van der Waals surface area contributed by atoms with Crippen molar-refractivity contribution in [2.75, 3.05) is 23.6 Å². The molecule has 0 radical (unpaired) electrons. The van der Waals surface area contributed by atoms with E-state index in [1.54, 1.807) is 24.3 Å². The monoisotopic (exact) mass is 300 g/mol. The van der Waals surface area contributed by atoms with Gasteiger partial charge in [0.1, 0.15) is 12.4 Å². The zero-order chi connectivity index (χ0) is 15.2. The van der Waals surface area contributed by atoms with Crippen molar-refractivity contribution in [1.29, 1.82) is 0 Å². The fourth-order valence-corrected chi connectivity index (χ4v) is 2.95. The molecule has 0 saturated heterocycles. The lowest BCUT2D eigenvalue weighted by Crippen LogP contribution is -2.20. The highest BCUT2D eigenvalue weighted by Gasteiger charge is 2.17. The largest absolute Gasteiger partial charge is 0.492 e. The second-order valence-electron chi connectivity index (χ2n) is 5.89. The van der Waals surface area contributed by atoms with Crippen LogP contribution in [0.15, 0.2) is 24.3 Å². The normalized spacial score (nSPS) is 12.2. The molecule has 0 heterocycles. The highest BCUT2D eigenvalue weighted by molar-refractivity contribution is 7.92. The van der Waals surface area contributed by atoms with E-state index in [1.807, 2.05) is 20.8 Å². The summed E-state index contributed by atoms with van der Waals surface area (Å²) in [5.74, 6) is 0.787. The molecule has 0 saturated carbocycles. The second kappa shape index (κ2) is 6.95. The number of sulfonamides is 1. The van der Waals surface area contributed by atoms with E-state index in [-0.39, 0.29) is 11.2 Å². The molecule has 3 N–H and O–H groups in total. The minimum Gasteiger partial charge on any atom is -0.492 e. The lowest BCUT2D eigenvalue weighted by Gasteiger charge is -2.18. The first kappa shape index (κ1) is 16.8. The SMILES string of the molecule is CC(C)(C)CCS(=O)(=O)Nc1ccc(OCCN)cc1. The lowest BCUT2D eigenvalue weighted by atomic mass is 9.94. The minimum absolute atomic E-state index is 0.00529. The average Bonchev–Trinajstić information content (AvgIpc) is 2.35. The van der Waals surface area contributed by atoms with Gasteiger partial charge in [0.2, 0.25) is 10.0 Å². The first-order chi connectivity index (χ1) is 9.22. The molecule has 0 aliphatic rings. The predicted octanol–water partition coefficient (Wildman–Crippen LogP) is 2.20. The molecule has 0 spiro atoms. The molecule has 0 unspecified atom stereocenters. The van der Waals surface area contributed by atoms with Crippen molar-refractivity contribution in [3.05, 3.63) is 24.3 Å². The molecule has 1 rings (SSSR count). The molecule has 0 atom stereocenters. The third-order valence-corrected chi connectivity index (χ3v) is 3.92. The van der Waals surface area contributed by atoms with Crippen molar-refractivity contribution in [3.63, 3.8) is 0 Å². The maximum atomic E-state index is 11.9. The number of rotatable bonds is 7. The fourth-order valence-electron chi connectivity index (χ4n) is 1.47. The summed E-state index contributed by atoms with van der Waals surface area (Å²) in [5.41, 5.74) is 5.88. The number of hydrogen-bond acceptors (Lipinski definition) is 4. The zero-order valence-corrected chi connectivity index (χ0v) is 13.2. The molecule has 6 heteroatoms. The van der Waals surface area contributed by atoms with Crippen LogP contribution in [-0.4, -0.2) is 27.3 Å². The van der Waals surface area contributed by atoms with Crippen LogP contribution in [-0.2, 0) is 10.0 Å². The van der Waals surface area contributed by atoms with Crippen LogP contribution in [0.3, 0.4) is 0 Å². The summed E-state index contributed by atoms with van der Waals surface area (Å²) < 4.78 is 31.8. The average molecular weight is 300 g/mol. The van der Waals surface area contributed by atoms with Gasteiger partial charge in [-0.15, -0.1) is 0 Å². The van der Waals surface area contributed by atoms with Crippen molar-refractivity contribution < 1.29 is 13.2 Å². The van der Waals surface area contributed by atoms with Crippen LogP contribution in [0.4, 0.5) is 5.69 Å². The summed E-state index contributed by atoms with van der Waals surface area (Å²) in [6.07, 6.45) is 0.611. The molecular weight excluding hydrogens is 276 g/mol. The van der Waals surface area contributed by atoms with Crippen molar-refractivity contribution >= 4 is 15.7 Å². The quantitative estimate of drug-likeness (QED) is 0.809. The predicted molar refractivity (Wildman–Crippen MR) is 82.5 cm³/mol. The topological polar surface area (TPSA) is 81.4 Å². The molecule has 1 aromatic carbocycles. The number of hydrogen-bond donors (Lipinski definition) is 2. The van der Waals surface area contributed by atoms with Crippen LogP contribution >= 0.6 is 0 Å². The van der Waals surface area contributed by atoms with Gasteiger partial charge in [-0.25, -0.2) is 8.42 Å². The Balaban J connectivity index is 2.59. The van der Waals surface area contributed by atoms with Gasteiger partial charge >= 0.3 is 0 Å². The van der Waals surface area contributed by atoms with Crippen molar-refractivity contribution in [3.8, 4) is 5.75 Å². The van der Waals surface area contributed by atoms with Gasteiger partial charge < -0.3 is 10.5 Å². The van der Waals surface area contributed by atoms with Crippen molar-refractivity contribution in [2.24, 2.45) is 11.1 Å². The third kappa shape index (κ3) is 6.77. The second-order valence-corrected chi connectivity index (χ2v) is 7.73. The van der Waals surface area contributed by atoms with Crippen LogP contribution in [0.1, 0.15) is 27.2 Å². The Kier molecular flexibility index (Phi) is 5.83. The van der Waals surface area contributed by atoms with E-state index in [1.165, 1.54) is 0 Å². The molecular formula is C14H24N2O3S. The first-order valence-corrected chi connectivity index (χ1v) is 8.30. The Labute approximate surface area is 121 Å². The molecule has 0 amide bonds. The van der Waals surface area contributed by atoms with E-state index in [0.717, 1.165) is 0 Å². The summed E-state index contributed by atoms with van der Waals surface area (Å²) in [5, 5.41) is 0. The first-order valence-electron chi connectivity index (χ1n) is 6.65. The van der Waals surface area contributed by atoms with Gasteiger partial charge in [0, 0.05) is 12.2 Å². The Morgan fingerprint density at radius 2 is 1.80 bits per heavy atom. The summed E-state index contributed by atoms with van der Waals surface area (Å²) >= 11 is 0. The molecule has 0 fully saturated rings. The molecule has 5 nitrogen and oxygen atoms in total. The van der Waals surface area contributed by atoms with Gasteiger partial charge in [-0.05, 0) is 36.1 Å². The standard InChI is InChI=1S/C14H24N2O3S/c1-14(2,3)8-11-20(17,18)16-12-4-6-13(7-5-12)19-10-9-15/h4-7,16H,8-11,15H2,1-3H3. The fraction of sp³-hybridized carbons (Fsp3) is 0.571. The van der Waals surface area contributed by atoms with Crippen LogP contribution in [0.2, 0.25) is 0 Å². The third-order valence-electron chi connectivity index (χ3n) is 2.64. The Hall–Kier alpha value is -1.27. The van der Waals surface area contributed by atoms with Gasteiger partial charge in [-0.2, -0.15) is 0 Å². The van der Waals surface area contributed by atoms with Crippen LogP contribution in [0, 0.1) is 5.41 Å². The van der Waals surface area contributed by atoms with Gasteiger partial charge in [0.05, 0.1) is 5.75 Å². The summed E-state index contributed by atoms with van der Waals surface area (Å²) in [6.45, 7) is 6.95. The van der Waals surface area contributed by atoms with Crippen molar-refractivity contribution in [2.45, 2.75) is 27.2 Å². The van der Waals surface area contributed by atoms with Gasteiger partial charge in [0.15, 0.2) is 0 Å². The zero-order valence-electron chi connectivity index (χ0n) is 12.3. The van der Waals surface area contributed by atoms with E-state index in [9.17, 15) is 8.42 Å². The molecule has 0 bridgehead atoms. The number of nitrogens with two attached hydrogens (primary N) is 1. The molecule has 114 valence electrons. The molecule has 0 aliphatic carbocycles. The molecule has 20 heavy (non-hydrogen) atoms. The maximum absolute atomic E-state index is 11.9. The molecule has 0 aliphatic heterocycles. The van der Waals surface area contributed by atoms with Gasteiger partial charge in [-0.1, -0.05) is 20.8 Å². The van der Waals surface area contributed by atoms with Gasteiger partial charge in [0.25, 0.3) is 0 Å². The van der Waals surface area contributed by atoms with E-state index >= 15 is 0 Å².